The molecule has 6 heteroatoms. The standard InChI is InChI=1S/C19H23N3O3/c23-15-8-9-18(24)14(12-15)13-20-19(25)21-16-6-2-3-7-17(16)22-10-4-1-5-11-22/h2-3,6-9,12,23-24H,1,4-5,10-11,13H2,(H2,20,21,25). The maximum Gasteiger partial charge on any atom is 0.319 e. The molecule has 4 N–H and O–H groups in total. The minimum Gasteiger partial charge on any atom is -0.508 e. The quantitative estimate of drug-likeness (QED) is 0.642. The smallest absolute Gasteiger partial charge is 0.319 e. The summed E-state index contributed by atoms with van der Waals surface area (Å²) >= 11 is 0. The molecule has 1 heterocycles. The normalized spacial score (nSPS) is 14.2. The van der Waals surface area contributed by atoms with E-state index in [0.717, 1.165) is 37.3 Å². The van der Waals surface area contributed by atoms with Gasteiger partial charge in [-0.05, 0) is 49.6 Å². The molecule has 3 rings (SSSR count). The van der Waals surface area contributed by atoms with Gasteiger partial charge in [-0.3, -0.25) is 0 Å². The summed E-state index contributed by atoms with van der Waals surface area (Å²) in [4.78, 5) is 14.5. The largest absolute Gasteiger partial charge is 0.508 e. The fraction of sp³-hybridized carbons (Fsp3) is 0.316. The average Bonchev–Trinajstić information content (AvgIpc) is 2.64. The summed E-state index contributed by atoms with van der Waals surface area (Å²) in [6.07, 6.45) is 3.58. The van der Waals surface area contributed by atoms with E-state index in [1.165, 1.54) is 24.6 Å². The van der Waals surface area contributed by atoms with Crippen LogP contribution >= 0.6 is 0 Å². The molecule has 1 saturated heterocycles. The summed E-state index contributed by atoms with van der Waals surface area (Å²) in [5, 5.41) is 24.8. The minimum atomic E-state index is -0.354. The number of phenolic OH excluding ortho intramolecular Hbond substituents is 2. The van der Waals surface area contributed by atoms with Gasteiger partial charge in [0.1, 0.15) is 11.5 Å². The van der Waals surface area contributed by atoms with Crippen LogP contribution in [0.4, 0.5) is 16.2 Å². The first kappa shape index (κ1) is 17.0. The lowest BCUT2D eigenvalue weighted by Crippen LogP contribution is -2.32. The van der Waals surface area contributed by atoms with E-state index in [9.17, 15) is 15.0 Å². The third-order valence-corrected chi connectivity index (χ3v) is 4.35. The van der Waals surface area contributed by atoms with Gasteiger partial charge in [0.25, 0.3) is 0 Å². The number of nitrogens with one attached hydrogen (secondary N) is 2. The van der Waals surface area contributed by atoms with Crippen LogP contribution < -0.4 is 15.5 Å². The molecule has 0 aromatic heterocycles. The second-order valence-corrected chi connectivity index (χ2v) is 6.19. The summed E-state index contributed by atoms with van der Waals surface area (Å²) in [5.74, 6) is 0.0808. The van der Waals surface area contributed by atoms with Crippen molar-refractivity contribution in [2.45, 2.75) is 25.8 Å². The third kappa shape index (κ3) is 4.35. The van der Waals surface area contributed by atoms with Crippen LogP contribution in [0.5, 0.6) is 11.5 Å². The van der Waals surface area contributed by atoms with Gasteiger partial charge in [-0.1, -0.05) is 12.1 Å². The lowest BCUT2D eigenvalue weighted by molar-refractivity contribution is 0.251. The van der Waals surface area contributed by atoms with Crippen LogP contribution in [-0.2, 0) is 6.54 Å². The van der Waals surface area contributed by atoms with Crippen molar-refractivity contribution in [3.8, 4) is 11.5 Å². The second-order valence-electron chi connectivity index (χ2n) is 6.19. The number of carbonyl (C=O) groups excluding carboxylic acids is 1. The highest BCUT2D eigenvalue weighted by Crippen LogP contribution is 2.28. The van der Waals surface area contributed by atoms with Gasteiger partial charge in [-0.15, -0.1) is 0 Å². The highest BCUT2D eigenvalue weighted by molar-refractivity contribution is 5.93. The number of rotatable bonds is 4. The molecule has 2 aromatic rings. The Morgan fingerprint density at radius 1 is 1.04 bits per heavy atom. The number of carbonyl (C=O) groups is 1. The van der Waals surface area contributed by atoms with E-state index in [4.69, 9.17) is 0 Å². The monoisotopic (exact) mass is 341 g/mol. The average molecular weight is 341 g/mol. The summed E-state index contributed by atoms with van der Waals surface area (Å²) in [5.41, 5.74) is 2.25. The number of amides is 2. The first-order valence-electron chi connectivity index (χ1n) is 8.53. The molecule has 132 valence electrons. The van der Waals surface area contributed by atoms with Crippen LogP contribution in [0.25, 0.3) is 0 Å². The second kappa shape index (κ2) is 7.79. The minimum absolute atomic E-state index is 0.0341. The zero-order chi connectivity index (χ0) is 17.6. The summed E-state index contributed by atoms with van der Waals surface area (Å²) in [6, 6.07) is 11.6. The lowest BCUT2D eigenvalue weighted by Gasteiger charge is -2.30. The van der Waals surface area contributed by atoms with Crippen molar-refractivity contribution in [1.82, 2.24) is 5.32 Å². The highest BCUT2D eigenvalue weighted by Gasteiger charge is 2.15. The Kier molecular flexibility index (Phi) is 5.28. The molecule has 0 radical (unpaired) electrons. The van der Waals surface area contributed by atoms with Crippen LogP contribution in [0.3, 0.4) is 0 Å². The van der Waals surface area contributed by atoms with Crippen LogP contribution in [-0.4, -0.2) is 29.3 Å². The summed E-state index contributed by atoms with van der Waals surface area (Å²) < 4.78 is 0. The van der Waals surface area contributed by atoms with Crippen molar-refractivity contribution in [1.29, 1.82) is 0 Å². The van der Waals surface area contributed by atoms with Gasteiger partial charge in [0.15, 0.2) is 0 Å². The fourth-order valence-electron chi connectivity index (χ4n) is 3.05. The topological polar surface area (TPSA) is 84.8 Å². The Morgan fingerprint density at radius 3 is 2.60 bits per heavy atom. The first-order chi connectivity index (χ1) is 12.1. The van der Waals surface area contributed by atoms with Crippen molar-refractivity contribution < 1.29 is 15.0 Å². The van der Waals surface area contributed by atoms with Gasteiger partial charge < -0.3 is 25.7 Å². The van der Waals surface area contributed by atoms with E-state index < -0.39 is 0 Å². The van der Waals surface area contributed by atoms with Gasteiger partial charge in [-0.25, -0.2) is 4.79 Å². The fourth-order valence-corrected chi connectivity index (χ4v) is 3.05. The molecular weight excluding hydrogens is 318 g/mol. The lowest BCUT2D eigenvalue weighted by atomic mass is 10.1. The van der Waals surface area contributed by atoms with Crippen molar-refractivity contribution in [3.05, 3.63) is 48.0 Å². The maximum atomic E-state index is 12.2. The van der Waals surface area contributed by atoms with Crippen molar-refractivity contribution in [2.24, 2.45) is 0 Å². The molecule has 1 aliphatic rings. The molecule has 1 fully saturated rings. The summed E-state index contributed by atoms with van der Waals surface area (Å²) in [6.45, 7) is 2.12. The summed E-state index contributed by atoms with van der Waals surface area (Å²) in [7, 11) is 0. The van der Waals surface area contributed by atoms with Gasteiger partial charge in [0, 0.05) is 25.2 Å². The number of phenols is 2. The van der Waals surface area contributed by atoms with E-state index in [0.29, 0.717) is 5.56 Å². The van der Waals surface area contributed by atoms with Crippen LogP contribution in [0.2, 0.25) is 0 Å². The van der Waals surface area contributed by atoms with Gasteiger partial charge in [0.05, 0.1) is 11.4 Å². The molecule has 0 bridgehead atoms. The molecule has 0 spiro atoms. The predicted octanol–water partition coefficient (Wildman–Crippen LogP) is 3.41. The number of urea groups is 1. The Balaban J connectivity index is 1.64. The number of para-hydroxylation sites is 2. The Morgan fingerprint density at radius 2 is 1.80 bits per heavy atom. The van der Waals surface area contributed by atoms with E-state index in [1.54, 1.807) is 0 Å². The number of hydrogen-bond acceptors (Lipinski definition) is 4. The Hall–Kier alpha value is -2.89. The molecule has 1 aliphatic heterocycles. The SMILES string of the molecule is O=C(NCc1cc(O)ccc1O)Nc1ccccc1N1CCCCC1. The molecule has 2 aromatic carbocycles. The van der Waals surface area contributed by atoms with Crippen LogP contribution in [0.15, 0.2) is 42.5 Å². The molecule has 2 amide bonds. The molecule has 0 aliphatic carbocycles. The van der Waals surface area contributed by atoms with Gasteiger partial charge >= 0.3 is 6.03 Å². The van der Waals surface area contributed by atoms with E-state index in [-0.39, 0.29) is 24.1 Å². The number of hydrogen-bond donors (Lipinski definition) is 4. The molecule has 0 atom stereocenters. The molecule has 25 heavy (non-hydrogen) atoms. The van der Waals surface area contributed by atoms with E-state index in [2.05, 4.69) is 15.5 Å². The maximum absolute atomic E-state index is 12.2. The zero-order valence-corrected chi connectivity index (χ0v) is 14.0. The highest BCUT2D eigenvalue weighted by atomic mass is 16.3. The van der Waals surface area contributed by atoms with Gasteiger partial charge in [-0.2, -0.15) is 0 Å². The first-order valence-corrected chi connectivity index (χ1v) is 8.53. The zero-order valence-electron chi connectivity index (χ0n) is 14.0. The Labute approximate surface area is 147 Å². The van der Waals surface area contributed by atoms with E-state index >= 15 is 0 Å². The van der Waals surface area contributed by atoms with Crippen LogP contribution in [0, 0.1) is 0 Å². The number of benzene rings is 2. The predicted molar refractivity (Wildman–Crippen MR) is 98.1 cm³/mol. The number of aromatic hydroxyl groups is 2. The number of anilines is 2. The molecule has 0 saturated carbocycles. The Bertz CT molecular complexity index is 742. The van der Waals surface area contributed by atoms with Gasteiger partial charge in [0.2, 0.25) is 0 Å². The molecule has 6 nitrogen and oxygen atoms in total. The number of nitrogens with zero attached hydrogens (tertiary/aromatic N) is 1. The van der Waals surface area contributed by atoms with Crippen LogP contribution in [0.1, 0.15) is 24.8 Å². The van der Waals surface area contributed by atoms with Crippen molar-refractivity contribution in [2.75, 3.05) is 23.3 Å². The van der Waals surface area contributed by atoms with Crippen molar-refractivity contribution >= 4 is 17.4 Å². The third-order valence-electron chi connectivity index (χ3n) is 4.35. The number of piperidine rings is 1. The molecular formula is C19H23N3O3. The van der Waals surface area contributed by atoms with Crippen molar-refractivity contribution in [3.63, 3.8) is 0 Å². The molecule has 0 unspecified atom stereocenters. The van der Waals surface area contributed by atoms with E-state index in [1.807, 2.05) is 24.3 Å².